The molecule has 3 rings (SSSR count). The van der Waals surface area contributed by atoms with Gasteiger partial charge in [0.05, 0.1) is 0 Å². The molecule has 0 aromatic heterocycles. The quantitative estimate of drug-likeness (QED) is 0.867. The summed E-state index contributed by atoms with van der Waals surface area (Å²) in [4.78, 5) is 0. The third kappa shape index (κ3) is 2.38. The molecule has 1 aromatic carbocycles. The Labute approximate surface area is 116 Å². The van der Waals surface area contributed by atoms with E-state index >= 15 is 0 Å². The molecular formula is C17H25NO. The van der Waals surface area contributed by atoms with Crippen LogP contribution in [0, 0.1) is 0 Å². The van der Waals surface area contributed by atoms with Gasteiger partial charge in [0, 0.05) is 18.0 Å². The van der Waals surface area contributed by atoms with Crippen molar-refractivity contribution in [3.63, 3.8) is 0 Å². The predicted molar refractivity (Wildman–Crippen MR) is 78.7 cm³/mol. The van der Waals surface area contributed by atoms with E-state index in [1.165, 1.54) is 43.2 Å². The van der Waals surface area contributed by atoms with Crippen molar-refractivity contribution >= 4 is 0 Å². The van der Waals surface area contributed by atoms with Crippen LogP contribution >= 0.6 is 0 Å². The second-order valence-electron chi connectivity index (χ2n) is 6.12. The number of hydrogen-bond acceptors (Lipinski definition) is 2. The van der Waals surface area contributed by atoms with Crippen molar-refractivity contribution in [3.05, 3.63) is 29.3 Å². The molecule has 1 atom stereocenters. The first kappa shape index (κ1) is 13.0. The van der Waals surface area contributed by atoms with Crippen molar-refractivity contribution in [2.75, 3.05) is 7.05 Å². The fourth-order valence-electron chi connectivity index (χ4n) is 3.70. The highest BCUT2D eigenvalue weighted by Crippen LogP contribution is 2.46. The van der Waals surface area contributed by atoms with Gasteiger partial charge in [-0.15, -0.1) is 0 Å². The molecule has 0 amide bonds. The van der Waals surface area contributed by atoms with E-state index in [2.05, 4.69) is 37.5 Å². The Morgan fingerprint density at radius 3 is 2.74 bits per heavy atom. The Kier molecular flexibility index (Phi) is 3.53. The highest BCUT2D eigenvalue weighted by molar-refractivity contribution is 5.42. The summed E-state index contributed by atoms with van der Waals surface area (Å²) in [6.07, 6.45) is 8.67. The topological polar surface area (TPSA) is 21.3 Å². The first-order chi connectivity index (χ1) is 9.26. The summed E-state index contributed by atoms with van der Waals surface area (Å²) < 4.78 is 6.45. The number of aryl methyl sites for hydroxylation is 1. The number of benzene rings is 1. The lowest BCUT2D eigenvalue weighted by Crippen LogP contribution is -2.45. The van der Waals surface area contributed by atoms with E-state index in [0.717, 1.165) is 18.6 Å². The molecule has 1 saturated carbocycles. The summed E-state index contributed by atoms with van der Waals surface area (Å²) >= 11 is 0. The van der Waals surface area contributed by atoms with Crippen LogP contribution in [0.25, 0.3) is 0 Å². The van der Waals surface area contributed by atoms with Gasteiger partial charge in [0.2, 0.25) is 0 Å². The monoisotopic (exact) mass is 259 g/mol. The van der Waals surface area contributed by atoms with Crippen LogP contribution in [0.2, 0.25) is 0 Å². The van der Waals surface area contributed by atoms with Gasteiger partial charge in [-0.3, -0.25) is 0 Å². The molecule has 1 aliphatic carbocycles. The molecule has 104 valence electrons. The van der Waals surface area contributed by atoms with Crippen molar-refractivity contribution in [1.82, 2.24) is 5.32 Å². The third-order valence-corrected chi connectivity index (χ3v) is 4.87. The Balaban J connectivity index is 1.94. The SMILES string of the molecule is CCc1ccc2c(c1)C(NC)CC1(CCCCC1)O2. The minimum absolute atomic E-state index is 0.104. The fourth-order valence-corrected chi connectivity index (χ4v) is 3.70. The highest BCUT2D eigenvalue weighted by Gasteiger charge is 2.41. The zero-order valence-electron chi connectivity index (χ0n) is 12.2. The molecule has 1 N–H and O–H groups in total. The Bertz CT molecular complexity index is 449. The standard InChI is InChI=1S/C17H25NO/c1-3-13-7-8-16-14(11-13)15(18-2)12-17(19-16)9-5-4-6-10-17/h7-8,11,15,18H,3-6,9-10,12H2,1-2H3. The molecule has 0 saturated heterocycles. The first-order valence-corrected chi connectivity index (χ1v) is 7.75. The van der Waals surface area contributed by atoms with E-state index in [-0.39, 0.29) is 5.60 Å². The van der Waals surface area contributed by atoms with Gasteiger partial charge in [-0.2, -0.15) is 0 Å². The number of nitrogens with one attached hydrogen (secondary N) is 1. The molecule has 0 radical (unpaired) electrons. The predicted octanol–water partition coefficient (Wildman–Crippen LogP) is 3.99. The van der Waals surface area contributed by atoms with Crippen LogP contribution in [-0.4, -0.2) is 12.6 Å². The minimum Gasteiger partial charge on any atom is -0.487 e. The number of hydrogen-bond donors (Lipinski definition) is 1. The summed E-state index contributed by atoms with van der Waals surface area (Å²) in [5.74, 6) is 1.12. The second kappa shape index (κ2) is 5.16. The molecule has 2 aliphatic rings. The molecule has 1 fully saturated rings. The van der Waals surface area contributed by atoms with Gasteiger partial charge in [-0.25, -0.2) is 0 Å². The maximum Gasteiger partial charge on any atom is 0.124 e. The fraction of sp³-hybridized carbons (Fsp3) is 0.647. The van der Waals surface area contributed by atoms with Gasteiger partial charge in [0.25, 0.3) is 0 Å². The molecule has 19 heavy (non-hydrogen) atoms. The van der Waals surface area contributed by atoms with E-state index in [0.29, 0.717) is 6.04 Å². The zero-order valence-corrected chi connectivity index (χ0v) is 12.2. The maximum absolute atomic E-state index is 6.45. The number of ether oxygens (including phenoxy) is 1. The molecule has 0 bridgehead atoms. The van der Waals surface area contributed by atoms with Gasteiger partial charge in [-0.05, 0) is 50.8 Å². The lowest BCUT2D eigenvalue weighted by Gasteiger charge is -2.44. The maximum atomic E-state index is 6.45. The lowest BCUT2D eigenvalue weighted by molar-refractivity contribution is -0.00178. The van der Waals surface area contributed by atoms with Crippen molar-refractivity contribution < 1.29 is 4.74 Å². The summed E-state index contributed by atoms with van der Waals surface area (Å²) in [6.45, 7) is 2.21. The van der Waals surface area contributed by atoms with Crippen molar-refractivity contribution in [2.45, 2.75) is 63.5 Å². The van der Waals surface area contributed by atoms with E-state index in [9.17, 15) is 0 Å². The molecule has 1 aromatic rings. The smallest absolute Gasteiger partial charge is 0.124 e. The zero-order chi connectivity index (χ0) is 13.3. The number of fused-ring (bicyclic) bond motifs is 1. The van der Waals surface area contributed by atoms with Crippen LogP contribution in [0.15, 0.2) is 18.2 Å². The third-order valence-electron chi connectivity index (χ3n) is 4.87. The van der Waals surface area contributed by atoms with Gasteiger partial charge >= 0.3 is 0 Å². The van der Waals surface area contributed by atoms with E-state index in [1.807, 2.05) is 0 Å². The first-order valence-electron chi connectivity index (χ1n) is 7.75. The van der Waals surface area contributed by atoms with Crippen LogP contribution in [0.1, 0.15) is 62.6 Å². The van der Waals surface area contributed by atoms with Crippen molar-refractivity contribution in [2.24, 2.45) is 0 Å². The summed E-state index contributed by atoms with van der Waals surface area (Å²) in [5.41, 5.74) is 2.87. The normalized spacial score (nSPS) is 24.8. The van der Waals surface area contributed by atoms with E-state index in [1.54, 1.807) is 0 Å². The Hall–Kier alpha value is -1.02. The summed E-state index contributed by atoms with van der Waals surface area (Å²) in [5, 5.41) is 3.50. The molecule has 2 heteroatoms. The van der Waals surface area contributed by atoms with Gasteiger partial charge in [0.1, 0.15) is 11.4 Å². The molecular weight excluding hydrogens is 234 g/mol. The minimum atomic E-state index is 0.104. The average Bonchev–Trinajstić information content (AvgIpc) is 2.47. The van der Waals surface area contributed by atoms with Crippen LogP contribution in [0.3, 0.4) is 0 Å². The van der Waals surface area contributed by atoms with Crippen LogP contribution in [0.5, 0.6) is 5.75 Å². The molecule has 1 unspecified atom stereocenters. The average molecular weight is 259 g/mol. The Morgan fingerprint density at radius 2 is 2.05 bits per heavy atom. The molecule has 1 heterocycles. The van der Waals surface area contributed by atoms with Crippen molar-refractivity contribution in [1.29, 1.82) is 0 Å². The van der Waals surface area contributed by atoms with Crippen molar-refractivity contribution in [3.8, 4) is 5.75 Å². The second-order valence-corrected chi connectivity index (χ2v) is 6.12. The molecule has 1 spiro atoms. The highest BCUT2D eigenvalue weighted by atomic mass is 16.5. The largest absolute Gasteiger partial charge is 0.487 e. The lowest BCUT2D eigenvalue weighted by atomic mass is 9.77. The Morgan fingerprint density at radius 1 is 1.26 bits per heavy atom. The van der Waals surface area contributed by atoms with Gasteiger partial charge in [0.15, 0.2) is 0 Å². The van der Waals surface area contributed by atoms with Crippen LogP contribution in [-0.2, 0) is 6.42 Å². The van der Waals surface area contributed by atoms with E-state index in [4.69, 9.17) is 4.74 Å². The van der Waals surface area contributed by atoms with E-state index < -0.39 is 0 Å². The van der Waals surface area contributed by atoms with Crippen LogP contribution < -0.4 is 10.1 Å². The molecule has 2 nitrogen and oxygen atoms in total. The summed E-state index contributed by atoms with van der Waals surface area (Å²) in [6, 6.07) is 7.18. The van der Waals surface area contributed by atoms with Crippen LogP contribution in [0.4, 0.5) is 0 Å². The van der Waals surface area contributed by atoms with Gasteiger partial charge in [-0.1, -0.05) is 25.5 Å². The van der Waals surface area contributed by atoms with Gasteiger partial charge < -0.3 is 10.1 Å². The molecule has 1 aliphatic heterocycles. The number of rotatable bonds is 2. The summed E-state index contributed by atoms with van der Waals surface area (Å²) in [7, 11) is 2.08.